The Morgan fingerprint density at radius 1 is 1.24 bits per heavy atom. The van der Waals surface area contributed by atoms with Crippen molar-refractivity contribution in [2.45, 2.75) is 72.0 Å². The van der Waals surface area contributed by atoms with Gasteiger partial charge in [-0.05, 0) is 31.1 Å². The second-order valence-corrected chi connectivity index (χ2v) is 7.41. The standard InChI is InChI=1S/C17H30N4/c1-13(2)18-10-14-11-20-16(12-19-14)21(5)15-6-8-17(3,4)9-7-15/h11-13,15,18H,6-10H2,1-5H3. The molecule has 118 valence electrons. The second kappa shape index (κ2) is 6.73. The summed E-state index contributed by atoms with van der Waals surface area (Å²) in [5.74, 6) is 0.994. The molecule has 1 aliphatic carbocycles. The molecule has 1 saturated carbocycles. The maximum atomic E-state index is 4.59. The van der Waals surface area contributed by atoms with Crippen LogP contribution < -0.4 is 10.2 Å². The molecule has 1 aromatic rings. The zero-order valence-electron chi connectivity index (χ0n) is 14.2. The van der Waals surface area contributed by atoms with Gasteiger partial charge < -0.3 is 10.2 Å². The lowest BCUT2D eigenvalue weighted by atomic mass is 9.75. The number of hydrogen-bond acceptors (Lipinski definition) is 4. The fraction of sp³-hybridized carbons (Fsp3) is 0.765. The molecule has 0 amide bonds. The minimum atomic E-state index is 0.472. The van der Waals surface area contributed by atoms with Gasteiger partial charge in [-0.25, -0.2) is 4.98 Å². The van der Waals surface area contributed by atoms with Crippen LogP contribution in [0.2, 0.25) is 0 Å². The molecule has 0 unspecified atom stereocenters. The maximum absolute atomic E-state index is 4.59. The van der Waals surface area contributed by atoms with Crippen LogP contribution in [0.4, 0.5) is 5.82 Å². The smallest absolute Gasteiger partial charge is 0.147 e. The van der Waals surface area contributed by atoms with E-state index in [0.717, 1.165) is 18.1 Å². The van der Waals surface area contributed by atoms with Crippen molar-refractivity contribution < 1.29 is 0 Å². The summed E-state index contributed by atoms with van der Waals surface area (Å²) in [7, 11) is 2.15. The normalized spacial score (nSPS) is 19.0. The molecule has 1 fully saturated rings. The molecule has 1 aliphatic rings. The molecule has 21 heavy (non-hydrogen) atoms. The molecule has 1 aromatic heterocycles. The molecule has 0 radical (unpaired) electrons. The predicted molar refractivity (Wildman–Crippen MR) is 88.4 cm³/mol. The Morgan fingerprint density at radius 2 is 1.90 bits per heavy atom. The molecular weight excluding hydrogens is 260 g/mol. The van der Waals surface area contributed by atoms with Crippen LogP contribution in [0.3, 0.4) is 0 Å². The zero-order chi connectivity index (χ0) is 15.5. The van der Waals surface area contributed by atoms with E-state index in [4.69, 9.17) is 0 Å². The van der Waals surface area contributed by atoms with E-state index in [0.29, 0.717) is 17.5 Å². The quantitative estimate of drug-likeness (QED) is 0.902. The van der Waals surface area contributed by atoms with E-state index >= 15 is 0 Å². The molecule has 2 rings (SSSR count). The number of nitrogens with one attached hydrogen (secondary N) is 1. The van der Waals surface area contributed by atoms with Crippen molar-refractivity contribution in [3.63, 3.8) is 0 Å². The van der Waals surface area contributed by atoms with Crippen molar-refractivity contribution in [3.05, 3.63) is 18.1 Å². The number of anilines is 1. The van der Waals surface area contributed by atoms with E-state index in [9.17, 15) is 0 Å². The summed E-state index contributed by atoms with van der Waals surface area (Å²) in [6.07, 6.45) is 8.91. The maximum Gasteiger partial charge on any atom is 0.147 e. The van der Waals surface area contributed by atoms with Gasteiger partial charge in [0, 0.05) is 25.7 Å². The molecule has 1 N–H and O–H groups in total. The van der Waals surface area contributed by atoms with Crippen LogP contribution in [-0.4, -0.2) is 29.1 Å². The molecule has 4 nitrogen and oxygen atoms in total. The van der Waals surface area contributed by atoms with Gasteiger partial charge in [-0.3, -0.25) is 4.98 Å². The average Bonchev–Trinajstić information content (AvgIpc) is 2.45. The molecule has 0 bridgehead atoms. The van der Waals surface area contributed by atoms with E-state index in [2.05, 4.69) is 54.9 Å². The molecule has 0 saturated heterocycles. The summed E-state index contributed by atoms with van der Waals surface area (Å²) in [6, 6.07) is 1.08. The fourth-order valence-electron chi connectivity index (χ4n) is 2.89. The Bertz CT molecular complexity index is 429. The molecule has 4 heteroatoms. The summed E-state index contributed by atoms with van der Waals surface area (Å²) < 4.78 is 0. The van der Waals surface area contributed by atoms with Crippen LogP contribution in [0.15, 0.2) is 12.4 Å². The van der Waals surface area contributed by atoms with Crippen molar-refractivity contribution >= 4 is 5.82 Å². The minimum absolute atomic E-state index is 0.472. The molecule has 0 atom stereocenters. The van der Waals surface area contributed by atoms with Gasteiger partial charge in [0.1, 0.15) is 5.82 Å². The van der Waals surface area contributed by atoms with Crippen LogP contribution >= 0.6 is 0 Å². The van der Waals surface area contributed by atoms with Crippen molar-refractivity contribution in [3.8, 4) is 0 Å². The van der Waals surface area contributed by atoms with Gasteiger partial charge in [-0.15, -0.1) is 0 Å². The van der Waals surface area contributed by atoms with Gasteiger partial charge in [0.15, 0.2) is 0 Å². The van der Waals surface area contributed by atoms with E-state index in [1.165, 1.54) is 25.7 Å². The number of nitrogens with zero attached hydrogens (tertiary/aromatic N) is 3. The summed E-state index contributed by atoms with van der Waals surface area (Å²) in [4.78, 5) is 11.4. The minimum Gasteiger partial charge on any atom is -0.355 e. The molecule has 1 heterocycles. The van der Waals surface area contributed by atoms with Crippen LogP contribution in [-0.2, 0) is 6.54 Å². The molecule has 0 spiro atoms. The first-order valence-corrected chi connectivity index (χ1v) is 8.14. The average molecular weight is 290 g/mol. The highest BCUT2D eigenvalue weighted by Gasteiger charge is 2.29. The van der Waals surface area contributed by atoms with Crippen molar-refractivity contribution in [1.82, 2.24) is 15.3 Å². The van der Waals surface area contributed by atoms with Crippen LogP contribution in [0, 0.1) is 5.41 Å². The van der Waals surface area contributed by atoms with Crippen molar-refractivity contribution in [2.24, 2.45) is 5.41 Å². The Balaban J connectivity index is 1.92. The first kappa shape index (κ1) is 16.2. The third kappa shape index (κ3) is 4.67. The van der Waals surface area contributed by atoms with E-state index in [1.807, 2.05) is 12.4 Å². The highest BCUT2D eigenvalue weighted by Crippen LogP contribution is 2.37. The first-order chi connectivity index (χ1) is 9.87. The molecule has 0 aliphatic heterocycles. The highest BCUT2D eigenvalue weighted by molar-refractivity contribution is 5.36. The molecule has 0 aromatic carbocycles. The Labute approximate surface area is 129 Å². The van der Waals surface area contributed by atoms with Crippen molar-refractivity contribution in [2.75, 3.05) is 11.9 Å². The van der Waals surface area contributed by atoms with Crippen LogP contribution in [0.5, 0.6) is 0 Å². The SMILES string of the molecule is CC(C)NCc1cnc(N(C)C2CCC(C)(C)CC2)cn1. The van der Waals surface area contributed by atoms with Gasteiger partial charge in [0.05, 0.1) is 18.1 Å². The zero-order valence-corrected chi connectivity index (χ0v) is 14.2. The number of hydrogen-bond donors (Lipinski definition) is 1. The van der Waals surface area contributed by atoms with E-state index < -0.39 is 0 Å². The molecular formula is C17H30N4. The van der Waals surface area contributed by atoms with Crippen LogP contribution in [0.25, 0.3) is 0 Å². The summed E-state index contributed by atoms with van der Waals surface area (Å²) in [5, 5.41) is 3.37. The van der Waals surface area contributed by atoms with E-state index in [1.54, 1.807) is 0 Å². The predicted octanol–water partition coefficient (Wildman–Crippen LogP) is 3.38. The largest absolute Gasteiger partial charge is 0.355 e. The van der Waals surface area contributed by atoms with Crippen molar-refractivity contribution in [1.29, 1.82) is 0 Å². The first-order valence-electron chi connectivity index (χ1n) is 8.14. The van der Waals surface area contributed by atoms with Gasteiger partial charge in [0.2, 0.25) is 0 Å². The topological polar surface area (TPSA) is 41.1 Å². The Kier molecular flexibility index (Phi) is 5.20. The van der Waals surface area contributed by atoms with E-state index in [-0.39, 0.29) is 0 Å². The van der Waals surface area contributed by atoms with Gasteiger partial charge >= 0.3 is 0 Å². The summed E-state index contributed by atoms with van der Waals surface area (Å²) in [6.45, 7) is 9.81. The lowest BCUT2D eigenvalue weighted by Crippen LogP contribution is -2.37. The number of rotatable bonds is 5. The lowest BCUT2D eigenvalue weighted by Gasteiger charge is -2.39. The highest BCUT2D eigenvalue weighted by atomic mass is 15.2. The third-order valence-corrected chi connectivity index (χ3v) is 4.60. The Hall–Kier alpha value is -1.16. The summed E-state index contributed by atoms with van der Waals surface area (Å²) in [5.41, 5.74) is 1.51. The number of aromatic nitrogens is 2. The van der Waals surface area contributed by atoms with Gasteiger partial charge in [-0.2, -0.15) is 0 Å². The Morgan fingerprint density at radius 3 is 2.43 bits per heavy atom. The second-order valence-electron chi connectivity index (χ2n) is 7.41. The summed E-state index contributed by atoms with van der Waals surface area (Å²) >= 11 is 0. The fourth-order valence-corrected chi connectivity index (χ4v) is 2.89. The third-order valence-electron chi connectivity index (χ3n) is 4.60. The monoisotopic (exact) mass is 290 g/mol. The van der Waals surface area contributed by atoms with Gasteiger partial charge in [0.25, 0.3) is 0 Å². The van der Waals surface area contributed by atoms with Crippen LogP contribution in [0.1, 0.15) is 59.1 Å². The lowest BCUT2D eigenvalue weighted by molar-refractivity contribution is 0.222. The van der Waals surface area contributed by atoms with Gasteiger partial charge in [-0.1, -0.05) is 27.7 Å².